The largest absolute Gasteiger partial charge is 0.478 e. The minimum atomic E-state index is -3.24. The maximum atomic E-state index is 12.1. The van der Waals surface area contributed by atoms with E-state index in [0.29, 0.717) is 18.9 Å². The topological polar surface area (TPSA) is 74.7 Å². The van der Waals surface area contributed by atoms with Crippen LogP contribution in [0.3, 0.4) is 0 Å². The fourth-order valence-electron chi connectivity index (χ4n) is 1.61. The van der Waals surface area contributed by atoms with Crippen molar-refractivity contribution in [2.45, 2.75) is 26.8 Å². The van der Waals surface area contributed by atoms with E-state index in [0.717, 1.165) is 16.5 Å². The van der Waals surface area contributed by atoms with Gasteiger partial charge in [-0.2, -0.15) is 0 Å². The van der Waals surface area contributed by atoms with Crippen molar-refractivity contribution >= 4 is 33.4 Å². The lowest BCUT2D eigenvalue weighted by atomic mass is 10.2. The van der Waals surface area contributed by atoms with E-state index in [-0.39, 0.29) is 5.75 Å². The molecule has 0 aliphatic heterocycles. The second-order valence-corrected chi connectivity index (χ2v) is 8.42. The molecule has 0 fully saturated rings. The van der Waals surface area contributed by atoms with Crippen LogP contribution in [0.15, 0.2) is 17.5 Å². The number of rotatable bonds is 8. The van der Waals surface area contributed by atoms with Crippen molar-refractivity contribution in [2.75, 3.05) is 12.8 Å². The molecule has 0 atom stereocenters. The Kier molecular flexibility index (Phi) is 6.57. The van der Waals surface area contributed by atoms with E-state index in [4.69, 9.17) is 5.11 Å². The molecule has 0 unspecified atom stereocenters. The summed E-state index contributed by atoms with van der Waals surface area (Å²) >= 11 is 1.39. The van der Waals surface area contributed by atoms with Crippen molar-refractivity contribution in [3.63, 3.8) is 0 Å². The average Bonchev–Trinajstić information content (AvgIpc) is 2.81. The lowest BCUT2D eigenvalue weighted by Crippen LogP contribution is -2.29. The Balaban J connectivity index is 2.66. The minimum Gasteiger partial charge on any atom is -0.478 e. The number of carbonyl (C=O) groups is 1. The molecule has 1 aromatic heterocycles. The minimum absolute atomic E-state index is 0.150. The van der Waals surface area contributed by atoms with Crippen LogP contribution in [0.1, 0.15) is 30.7 Å². The summed E-state index contributed by atoms with van der Waals surface area (Å²) in [5.74, 6) is -0.503. The second kappa shape index (κ2) is 7.72. The van der Waals surface area contributed by atoms with Crippen LogP contribution in [0.2, 0.25) is 0 Å². The molecule has 0 aromatic carbocycles. The Bertz CT molecular complexity index is 602. The molecule has 1 aromatic rings. The van der Waals surface area contributed by atoms with Crippen LogP contribution in [0.25, 0.3) is 6.08 Å². The van der Waals surface area contributed by atoms with Gasteiger partial charge in [-0.15, -0.1) is 11.3 Å². The van der Waals surface area contributed by atoms with Crippen LogP contribution in [-0.2, 0) is 21.4 Å². The van der Waals surface area contributed by atoms with E-state index in [2.05, 4.69) is 0 Å². The quantitative estimate of drug-likeness (QED) is 0.743. The van der Waals surface area contributed by atoms with E-state index in [1.165, 1.54) is 21.7 Å². The van der Waals surface area contributed by atoms with Gasteiger partial charge in [0.25, 0.3) is 0 Å². The van der Waals surface area contributed by atoms with Gasteiger partial charge in [0, 0.05) is 24.5 Å². The van der Waals surface area contributed by atoms with Crippen molar-refractivity contribution < 1.29 is 18.3 Å². The standard InChI is InChI=1S/C14H21NO4S2/c1-11(2)6-7-21(18,19)15(3)9-12-8-13(20-10-12)4-5-14(16)17/h4-5,8,10-11H,6-7,9H2,1-3H3,(H,16,17). The van der Waals surface area contributed by atoms with E-state index in [1.54, 1.807) is 13.1 Å². The van der Waals surface area contributed by atoms with Gasteiger partial charge >= 0.3 is 5.97 Å². The molecule has 0 saturated heterocycles. The number of hydrogen-bond donors (Lipinski definition) is 1. The van der Waals surface area contributed by atoms with E-state index >= 15 is 0 Å². The third-order valence-corrected chi connectivity index (χ3v) is 5.67. The highest BCUT2D eigenvalue weighted by Crippen LogP contribution is 2.19. The molecular formula is C14H21NO4S2. The molecule has 1 rings (SSSR count). The number of carboxylic acids is 1. The summed E-state index contributed by atoms with van der Waals surface area (Å²) in [7, 11) is -1.67. The number of hydrogen-bond acceptors (Lipinski definition) is 4. The highest BCUT2D eigenvalue weighted by molar-refractivity contribution is 7.89. The van der Waals surface area contributed by atoms with Gasteiger partial charge < -0.3 is 5.11 Å². The molecule has 0 radical (unpaired) electrons. The number of carboxylic acid groups (broad SMARTS) is 1. The third-order valence-electron chi connectivity index (χ3n) is 2.90. The lowest BCUT2D eigenvalue weighted by Gasteiger charge is -2.17. The summed E-state index contributed by atoms with van der Waals surface area (Å²) < 4.78 is 25.5. The van der Waals surface area contributed by atoms with Crippen LogP contribution in [0, 0.1) is 5.92 Å². The molecule has 0 amide bonds. The van der Waals surface area contributed by atoms with Crippen molar-refractivity contribution in [2.24, 2.45) is 5.92 Å². The van der Waals surface area contributed by atoms with Gasteiger partial charge in [0.1, 0.15) is 0 Å². The maximum absolute atomic E-state index is 12.1. The van der Waals surface area contributed by atoms with Crippen LogP contribution in [0.4, 0.5) is 0 Å². The molecule has 5 nitrogen and oxygen atoms in total. The summed E-state index contributed by atoms with van der Waals surface area (Å²) in [6.07, 6.45) is 3.21. The Hall–Kier alpha value is -1.18. The zero-order valence-corrected chi connectivity index (χ0v) is 14.1. The fourth-order valence-corrected chi connectivity index (χ4v) is 3.84. The number of sulfonamides is 1. The van der Waals surface area contributed by atoms with Gasteiger partial charge in [0.05, 0.1) is 5.75 Å². The molecule has 0 spiro atoms. The number of nitrogens with zero attached hydrogens (tertiary/aromatic N) is 1. The van der Waals surface area contributed by atoms with Crippen LogP contribution < -0.4 is 0 Å². The average molecular weight is 331 g/mol. The van der Waals surface area contributed by atoms with Crippen LogP contribution in [0.5, 0.6) is 0 Å². The first kappa shape index (κ1) is 17.9. The first-order valence-electron chi connectivity index (χ1n) is 6.63. The predicted molar refractivity (Wildman–Crippen MR) is 85.7 cm³/mol. The highest BCUT2D eigenvalue weighted by Gasteiger charge is 2.18. The van der Waals surface area contributed by atoms with Crippen LogP contribution in [-0.4, -0.2) is 36.6 Å². The van der Waals surface area contributed by atoms with Crippen molar-refractivity contribution in [1.29, 1.82) is 0 Å². The molecule has 21 heavy (non-hydrogen) atoms. The van der Waals surface area contributed by atoms with Gasteiger partial charge in [0.2, 0.25) is 10.0 Å². The zero-order chi connectivity index (χ0) is 16.0. The molecule has 0 bridgehead atoms. The van der Waals surface area contributed by atoms with Gasteiger partial charge in [-0.1, -0.05) is 13.8 Å². The third kappa shape index (κ3) is 6.41. The van der Waals surface area contributed by atoms with Crippen molar-refractivity contribution in [3.8, 4) is 0 Å². The molecule has 0 aliphatic rings. The number of aliphatic carboxylic acids is 1. The van der Waals surface area contributed by atoms with Gasteiger partial charge in [-0.3, -0.25) is 0 Å². The Morgan fingerprint density at radius 1 is 1.48 bits per heavy atom. The summed E-state index contributed by atoms with van der Waals surface area (Å²) in [6.45, 7) is 4.29. The zero-order valence-electron chi connectivity index (χ0n) is 12.4. The smallest absolute Gasteiger partial charge is 0.328 e. The van der Waals surface area contributed by atoms with E-state index in [9.17, 15) is 13.2 Å². The van der Waals surface area contributed by atoms with E-state index < -0.39 is 16.0 Å². The van der Waals surface area contributed by atoms with Crippen molar-refractivity contribution in [3.05, 3.63) is 28.0 Å². The molecule has 1 N–H and O–H groups in total. The van der Waals surface area contributed by atoms with Gasteiger partial charge in [-0.05, 0) is 35.4 Å². The number of thiophene rings is 1. The van der Waals surface area contributed by atoms with Gasteiger partial charge in [-0.25, -0.2) is 17.5 Å². The molecule has 1 heterocycles. The first-order chi connectivity index (χ1) is 9.70. The second-order valence-electron chi connectivity index (χ2n) is 5.28. The molecular weight excluding hydrogens is 310 g/mol. The Morgan fingerprint density at radius 3 is 2.71 bits per heavy atom. The summed E-state index contributed by atoms with van der Waals surface area (Å²) in [5.41, 5.74) is 0.862. The molecule has 7 heteroatoms. The molecule has 118 valence electrons. The maximum Gasteiger partial charge on any atom is 0.328 e. The lowest BCUT2D eigenvalue weighted by molar-refractivity contribution is -0.131. The molecule has 0 saturated carbocycles. The predicted octanol–water partition coefficient (Wildman–Crippen LogP) is 2.65. The van der Waals surface area contributed by atoms with Crippen LogP contribution >= 0.6 is 11.3 Å². The fraction of sp³-hybridized carbons (Fsp3) is 0.500. The molecule has 0 aliphatic carbocycles. The van der Waals surface area contributed by atoms with E-state index in [1.807, 2.05) is 19.2 Å². The highest BCUT2D eigenvalue weighted by atomic mass is 32.2. The summed E-state index contributed by atoms with van der Waals surface area (Å²) in [6, 6.07) is 1.80. The monoisotopic (exact) mass is 331 g/mol. The van der Waals surface area contributed by atoms with Crippen molar-refractivity contribution in [1.82, 2.24) is 4.31 Å². The summed E-state index contributed by atoms with van der Waals surface area (Å²) in [4.78, 5) is 11.2. The SMILES string of the molecule is CC(C)CCS(=O)(=O)N(C)Cc1csc(C=CC(=O)O)c1. The normalized spacial score (nSPS) is 12.6. The Labute approximate surface area is 130 Å². The Morgan fingerprint density at radius 2 is 2.14 bits per heavy atom. The first-order valence-corrected chi connectivity index (χ1v) is 9.12. The van der Waals surface area contributed by atoms with Gasteiger partial charge in [0.15, 0.2) is 0 Å². The summed E-state index contributed by atoms with van der Waals surface area (Å²) in [5, 5.41) is 10.4.